The fourth-order valence-corrected chi connectivity index (χ4v) is 10.4. The molecule has 0 fully saturated rings. The van der Waals surface area contributed by atoms with Crippen LogP contribution in [0.25, 0.3) is 10.9 Å². The molecule has 1 radical (unpaired) electrons. The fraction of sp³-hybridized carbons (Fsp3) is 0.0204. The molecular weight excluding hydrogens is 872 g/mol. The summed E-state index contributed by atoms with van der Waals surface area (Å²) in [6.45, 7) is 4.50. The van der Waals surface area contributed by atoms with Crippen molar-refractivity contribution in [2.24, 2.45) is 10.1 Å². The number of hydrazone groups is 1. The van der Waals surface area contributed by atoms with Crippen molar-refractivity contribution < 1.29 is 29.2 Å². The first-order valence-electron chi connectivity index (χ1n) is 18.2. The quantitative estimate of drug-likeness (QED) is 0.0235. The summed E-state index contributed by atoms with van der Waals surface area (Å²) in [6.07, 6.45) is 1.52. The summed E-state index contributed by atoms with van der Waals surface area (Å²) < 4.78 is 7.50. The number of nitrogens with zero attached hydrogens (tertiary/aromatic N) is 3. The van der Waals surface area contributed by atoms with E-state index in [-0.39, 0.29) is 25.2 Å². The zero-order valence-electron chi connectivity index (χ0n) is 32.1. The van der Waals surface area contributed by atoms with Crippen LogP contribution in [0.2, 0.25) is 0 Å². The number of amidine groups is 1. The van der Waals surface area contributed by atoms with Gasteiger partial charge in [-0.15, -0.1) is 0 Å². The minimum atomic E-state index is -0.446. The van der Waals surface area contributed by atoms with E-state index in [1.807, 2.05) is 12.1 Å². The van der Waals surface area contributed by atoms with E-state index in [1.165, 1.54) is 38.0 Å². The molecule has 0 aliphatic heterocycles. The summed E-state index contributed by atoms with van der Waals surface area (Å²) in [4.78, 5) is 8.01. The van der Waals surface area contributed by atoms with Crippen LogP contribution in [0.5, 0.6) is 5.75 Å². The van der Waals surface area contributed by atoms with Gasteiger partial charge in [0.25, 0.3) is 0 Å². The zero-order chi connectivity index (χ0) is 40.8. The van der Waals surface area contributed by atoms with Crippen LogP contribution < -0.4 is 37.3 Å². The molecule has 0 aliphatic carbocycles. The number of rotatable bonds is 8. The van der Waals surface area contributed by atoms with Gasteiger partial charge in [-0.1, -0.05) is 200 Å². The van der Waals surface area contributed by atoms with Crippen LogP contribution in [0, 0.1) is 6.65 Å². The van der Waals surface area contributed by atoms with Crippen molar-refractivity contribution >= 4 is 82.6 Å². The summed E-state index contributed by atoms with van der Waals surface area (Å²) in [5, 5.41) is 23.1. The van der Waals surface area contributed by atoms with Crippen molar-refractivity contribution in [3.8, 4) is 5.75 Å². The monoisotopic (exact) mass is 913 g/mol. The molecule has 0 bridgehead atoms. The zero-order valence-corrected chi connectivity index (χ0v) is 36.5. The van der Waals surface area contributed by atoms with Gasteiger partial charge < -0.3 is 17.7 Å². The van der Waals surface area contributed by atoms with Crippen molar-refractivity contribution in [3.05, 3.63) is 225 Å². The predicted octanol–water partition coefficient (Wildman–Crippen LogP) is 8.25. The number of hydrogen-bond donors (Lipinski definition) is 2. The summed E-state index contributed by atoms with van der Waals surface area (Å²) in [5.74, 6) is 0.148. The van der Waals surface area contributed by atoms with Gasteiger partial charge in [0.2, 0.25) is 0 Å². The Kier molecular flexibility index (Phi) is 20.0. The topological polar surface area (TPSA) is 89.8 Å². The van der Waals surface area contributed by atoms with Gasteiger partial charge >= 0.3 is 30.8 Å². The Morgan fingerprint density at radius 2 is 0.881 bits per heavy atom. The fourth-order valence-electron chi connectivity index (χ4n) is 5.78. The van der Waals surface area contributed by atoms with Crippen LogP contribution >= 0.6 is 15.8 Å². The predicted molar refractivity (Wildman–Crippen MR) is 249 cm³/mol. The van der Waals surface area contributed by atoms with Crippen LogP contribution in [0.1, 0.15) is 5.69 Å². The average Bonchev–Trinajstić information content (AvgIpc) is 3.30. The molecule has 0 atom stereocenters. The Morgan fingerprint density at radius 1 is 0.542 bits per heavy atom. The van der Waals surface area contributed by atoms with E-state index in [9.17, 15) is 5.11 Å². The Bertz CT molecular complexity index is 2180. The second kappa shape index (κ2) is 25.6. The number of benzene rings is 7. The second-order valence-corrected chi connectivity index (χ2v) is 17.0. The van der Waals surface area contributed by atoms with Crippen molar-refractivity contribution in [1.82, 2.24) is 10.4 Å². The number of para-hydroxylation sites is 1. The van der Waals surface area contributed by atoms with E-state index >= 15 is 0 Å². The first-order chi connectivity index (χ1) is 28.6. The number of aromatic hydroxyl groups is 1. The Balaban J connectivity index is 0.000000190. The molecule has 10 heteroatoms. The van der Waals surface area contributed by atoms with Gasteiger partial charge in [0.05, 0.1) is 11.9 Å². The standard InChI is InChI=1S/2C18H15P.C12H12N4OS.CO.Ru/c2*1-4-10-16(11-5-1)19(17-12-6-2-7-13-17)18-14-8-3-9-15-18;1-13-12(18)16-14-7-9-6-5-8-3-2-4-10(17)11(8)15-9;1-2;/h2*1-15H;2-7,17H,1H3,(H2,13,16,18);;/q;;;;+1/p-1/b;;14-7+;;. The van der Waals surface area contributed by atoms with E-state index in [1.54, 1.807) is 25.2 Å². The molecule has 1 heterocycles. The number of phenols is 1. The number of phenolic OH excluding ortho intramolecular Hbond substituents is 1. The summed E-state index contributed by atoms with van der Waals surface area (Å²) in [5.41, 5.74) is 3.74. The molecule has 2 N–H and O–H groups in total. The molecule has 8 aromatic rings. The van der Waals surface area contributed by atoms with Crippen LogP contribution in [0.4, 0.5) is 0 Å². The maximum atomic E-state index is 9.69. The molecule has 0 amide bonds. The summed E-state index contributed by atoms with van der Waals surface area (Å²) in [7, 11) is 0.689. The van der Waals surface area contributed by atoms with Crippen molar-refractivity contribution in [3.63, 3.8) is 0 Å². The number of aromatic nitrogens is 1. The van der Waals surface area contributed by atoms with Crippen LogP contribution in [-0.2, 0) is 36.8 Å². The Labute approximate surface area is 367 Å². The van der Waals surface area contributed by atoms with Gasteiger partial charge in [0, 0.05) is 12.4 Å². The molecule has 0 aliphatic rings. The van der Waals surface area contributed by atoms with Gasteiger partial charge in [0.1, 0.15) is 11.3 Å². The second-order valence-electron chi connectivity index (χ2n) is 12.2. The summed E-state index contributed by atoms with van der Waals surface area (Å²) >= 11 is 4.82. The first-order valence-corrected chi connectivity index (χ1v) is 21.3. The van der Waals surface area contributed by atoms with Crippen molar-refractivity contribution in [2.45, 2.75) is 0 Å². The molecule has 1 aromatic heterocycles. The molecule has 0 unspecified atom stereocenters. The Hall–Kier alpha value is -5.67. The van der Waals surface area contributed by atoms with Crippen LogP contribution in [-0.4, -0.2) is 28.5 Å². The third-order valence-electron chi connectivity index (χ3n) is 8.37. The molecule has 7 aromatic carbocycles. The molecule has 59 heavy (non-hydrogen) atoms. The van der Waals surface area contributed by atoms with E-state index in [4.69, 9.17) is 17.3 Å². The molecule has 8 rings (SSSR count). The van der Waals surface area contributed by atoms with E-state index in [2.05, 4.69) is 209 Å². The van der Waals surface area contributed by atoms with Crippen molar-refractivity contribution in [1.29, 1.82) is 0 Å². The maximum Gasteiger partial charge on any atom is 1.00 e. The van der Waals surface area contributed by atoms with E-state index < -0.39 is 15.8 Å². The molecule has 293 valence electrons. The van der Waals surface area contributed by atoms with Gasteiger partial charge in [-0.3, -0.25) is 10.4 Å². The van der Waals surface area contributed by atoms with Crippen LogP contribution in [0.3, 0.4) is 0 Å². The third-order valence-corrected chi connectivity index (χ3v) is 13.5. The van der Waals surface area contributed by atoms with E-state index in [0.29, 0.717) is 16.4 Å². The molecule has 0 saturated heterocycles. The number of aliphatic imine (C=N–C) groups is 1. The maximum absolute atomic E-state index is 9.69. The number of pyridine rings is 1. The van der Waals surface area contributed by atoms with Gasteiger partial charge in [0.15, 0.2) is 0 Å². The third kappa shape index (κ3) is 14.0. The van der Waals surface area contributed by atoms with E-state index in [0.717, 1.165) is 5.39 Å². The molecule has 0 spiro atoms. The van der Waals surface area contributed by atoms with Crippen LogP contribution in [0.15, 0.2) is 222 Å². The Morgan fingerprint density at radius 3 is 1.20 bits per heavy atom. The summed E-state index contributed by atoms with van der Waals surface area (Å²) in [6, 6.07) is 73.6. The number of hydrogen-bond acceptors (Lipinski definition) is 5. The van der Waals surface area contributed by atoms with Gasteiger partial charge in [-0.05, 0) is 65.0 Å². The largest absolute Gasteiger partial charge is 1.00 e. The minimum Gasteiger partial charge on any atom is -0.0622 e. The minimum absolute atomic E-state index is 0. The normalized spacial score (nSPS) is 10.6. The number of fused-ring (bicyclic) bond motifs is 1. The molecule has 6 nitrogen and oxygen atoms in total. The average molecular weight is 913 g/mol. The number of nitrogens with one attached hydrogen (secondary N) is 1. The first kappa shape index (κ1) is 46.0. The smallest absolute Gasteiger partial charge is 0.0622 e. The van der Waals surface area contributed by atoms with Crippen molar-refractivity contribution in [2.75, 3.05) is 7.05 Å². The SMILES string of the molecule is CN=C([S-])N/N=C/c1ccc2cccc(O)c2n1.[C-]#[O+].[Ru+].c1ccc(P(c2ccccc2)c2ccccc2)cc1.c1ccc(P(c2ccccc2)c2ccccc2)cc1. The van der Waals surface area contributed by atoms with Gasteiger partial charge in [-0.2, -0.15) is 5.10 Å². The molecular formula is C49H41N4O2P2RuS. The molecule has 0 saturated carbocycles. The van der Waals surface area contributed by atoms with Gasteiger partial charge in [-0.25, -0.2) is 4.98 Å².